The molecule has 0 saturated carbocycles. The maximum absolute atomic E-state index is 11.4. The van der Waals surface area contributed by atoms with E-state index in [2.05, 4.69) is 10.1 Å². The number of methoxy groups -OCH3 is 1. The molecule has 104 valence electrons. The van der Waals surface area contributed by atoms with E-state index in [1.165, 1.54) is 7.11 Å². The number of sulfone groups is 1. The second-order valence-electron chi connectivity index (χ2n) is 4.44. The SMILES string of the molecule is CCC(=CCNC1CCCS(=O)(=O)C1)C(=O)OC. The molecule has 1 unspecified atom stereocenters. The number of carbonyl (C=O) groups excluding carboxylic acids is 1. The first-order chi connectivity index (χ1) is 8.48. The van der Waals surface area contributed by atoms with E-state index in [4.69, 9.17) is 0 Å². The number of hydrogen-bond donors (Lipinski definition) is 1. The molecule has 6 heteroatoms. The van der Waals surface area contributed by atoms with Gasteiger partial charge in [-0.1, -0.05) is 13.0 Å². The van der Waals surface area contributed by atoms with E-state index in [1.54, 1.807) is 6.08 Å². The van der Waals surface area contributed by atoms with E-state index in [1.807, 2.05) is 6.92 Å². The van der Waals surface area contributed by atoms with Crippen LogP contribution in [0.4, 0.5) is 0 Å². The minimum atomic E-state index is -2.88. The normalized spacial score (nSPS) is 23.7. The first kappa shape index (κ1) is 15.2. The molecule has 1 N–H and O–H groups in total. The lowest BCUT2D eigenvalue weighted by molar-refractivity contribution is -0.136. The predicted octanol–water partition coefficient (Wildman–Crippen LogP) is 0.663. The van der Waals surface area contributed by atoms with Crippen LogP contribution < -0.4 is 5.32 Å². The van der Waals surface area contributed by atoms with Gasteiger partial charge in [0.2, 0.25) is 0 Å². The van der Waals surface area contributed by atoms with Crippen molar-refractivity contribution >= 4 is 15.8 Å². The molecule has 0 aliphatic carbocycles. The Bertz CT molecular complexity index is 414. The molecule has 0 bridgehead atoms. The number of rotatable bonds is 5. The van der Waals surface area contributed by atoms with Crippen molar-refractivity contribution in [1.29, 1.82) is 0 Å². The van der Waals surface area contributed by atoms with Crippen molar-refractivity contribution in [2.45, 2.75) is 32.2 Å². The maximum Gasteiger partial charge on any atom is 0.333 e. The average Bonchev–Trinajstić information content (AvgIpc) is 2.32. The van der Waals surface area contributed by atoms with E-state index in [0.29, 0.717) is 30.7 Å². The third-order valence-corrected chi connectivity index (χ3v) is 4.87. The van der Waals surface area contributed by atoms with Crippen LogP contribution in [0.1, 0.15) is 26.2 Å². The van der Waals surface area contributed by atoms with E-state index in [-0.39, 0.29) is 17.8 Å². The summed E-state index contributed by atoms with van der Waals surface area (Å²) in [6.07, 6.45) is 3.96. The smallest absolute Gasteiger partial charge is 0.333 e. The fraction of sp³-hybridized carbons (Fsp3) is 0.750. The molecule has 1 aliphatic rings. The van der Waals surface area contributed by atoms with Crippen molar-refractivity contribution in [3.63, 3.8) is 0 Å². The minimum Gasteiger partial charge on any atom is -0.466 e. The number of carbonyl (C=O) groups is 1. The van der Waals surface area contributed by atoms with Gasteiger partial charge in [0, 0.05) is 18.2 Å². The van der Waals surface area contributed by atoms with Gasteiger partial charge in [0.25, 0.3) is 0 Å². The molecular formula is C12H21NO4S. The van der Waals surface area contributed by atoms with Crippen LogP contribution in [0.15, 0.2) is 11.6 Å². The predicted molar refractivity (Wildman–Crippen MR) is 70.1 cm³/mol. The molecule has 5 nitrogen and oxygen atoms in total. The molecule has 1 saturated heterocycles. The molecule has 1 heterocycles. The van der Waals surface area contributed by atoms with Crippen molar-refractivity contribution in [2.24, 2.45) is 0 Å². The maximum atomic E-state index is 11.4. The Morgan fingerprint density at radius 1 is 1.50 bits per heavy atom. The van der Waals surface area contributed by atoms with Crippen LogP contribution in [-0.2, 0) is 19.4 Å². The summed E-state index contributed by atoms with van der Waals surface area (Å²) >= 11 is 0. The third kappa shape index (κ3) is 4.78. The van der Waals surface area contributed by atoms with Crippen molar-refractivity contribution in [3.05, 3.63) is 11.6 Å². The highest BCUT2D eigenvalue weighted by molar-refractivity contribution is 7.91. The minimum absolute atomic E-state index is 0.00393. The van der Waals surface area contributed by atoms with E-state index >= 15 is 0 Å². The Hall–Kier alpha value is -0.880. The first-order valence-corrected chi connectivity index (χ1v) is 8.01. The molecule has 0 aromatic carbocycles. The summed E-state index contributed by atoms with van der Waals surface area (Å²) in [7, 11) is -1.53. The molecule has 18 heavy (non-hydrogen) atoms. The molecule has 1 aliphatic heterocycles. The lowest BCUT2D eigenvalue weighted by Crippen LogP contribution is -2.40. The van der Waals surface area contributed by atoms with Crippen LogP contribution in [0.25, 0.3) is 0 Å². The number of nitrogens with one attached hydrogen (secondary N) is 1. The lowest BCUT2D eigenvalue weighted by Gasteiger charge is -2.22. The second-order valence-corrected chi connectivity index (χ2v) is 6.66. The van der Waals surface area contributed by atoms with Gasteiger partial charge >= 0.3 is 5.97 Å². The molecule has 0 aromatic heterocycles. The summed E-state index contributed by atoms with van der Waals surface area (Å²) in [6, 6.07) is -0.00393. The molecule has 0 aromatic rings. The second kappa shape index (κ2) is 6.89. The van der Waals surface area contributed by atoms with Gasteiger partial charge in [0.15, 0.2) is 9.84 Å². The van der Waals surface area contributed by atoms with Gasteiger partial charge in [-0.15, -0.1) is 0 Å². The van der Waals surface area contributed by atoms with E-state index in [9.17, 15) is 13.2 Å². The number of hydrogen-bond acceptors (Lipinski definition) is 5. The quantitative estimate of drug-likeness (QED) is 0.589. The van der Waals surface area contributed by atoms with Crippen LogP contribution in [0, 0.1) is 0 Å². The standard InChI is InChI=1S/C12H21NO4S/c1-3-10(12(14)17-2)6-7-13-11-5-4-8-18(15,16)9-11/h6,11,13H,3-5,7-9H2,1-2H3. The zero-order valence-electron chi connectivity index (χ0n) is 10.9. The monoisotopic (exact) mass is 275 g/mol. The van der Waals surface area contributed by atoms with Crippen LogP contribution in [0.2, 0.25) is 0 Å². The third-order valence-electron chi connectivity index (χ3n) is 3.05. The summed E-state index contributed by atoms with van der Waals surface area (Å²) in [5.74, 6) is 0.166. The Balaban J connectivity index is 2.45. The Kier molecular flexibility index (Phi) is 5.81. The molecular weight excluding hydrogens is 254 g/mol. The number of esters is 1. The Labute approximate surface area is 109 Å². The van der Waals surface area contributed by atoms with E-state index < -0.39 is 9.84 Å². The Morgan fingerprint density at radius 3 is 2.78 bits per heavy atom. The highest BCUT2D eigenvalue weighted by Gasteiger charge is 2.23. The average molecular weight is 275 g/mol. The molecule has 0 radical (unpaired) electrons. The molecule has 1 rings (SSSR count). The van der Waals surface area contributed by atoms with Crippen molar-refractivity contribution in [3.8, 4) is 0 Å². The lowest BCUT2D eigenvalue weighted by atomic mass is 10.1. The zero-order valence-corrected chi connectivity index (χ0v) is 11.8. The van der Waals surface area contributed by atoms with E-state index in [0.717, 1.165) is 6.42 Å². The van der Waals surface area contributed by atoms with Gasteiger partial charge in [-0.2, -0.15) is 0 Å². The fourth-order valence-corrected chi connectivity index (χ4v) is 3.71. The zero-order chi connectivity index (χ0) is 13.6. The van der Waals surface area contributed by atoms with Gasteiger partial charge in [-0.25, -0.2) is 13.2 Å². The van der Waals surface area contributed by atoms with Crippen molar-refractivity contribution in [2.75, 3.05) is 25.2 Å². The summed E-state index contributed by atoms with van der Waals surface area (Å²) in [5, 5.41) is 3.16. The summed E-state index contributed by atoms with van der Waals surface area (Å²) in [6.45, 7) is 2.38. The summed E-state index contributed by atoms with van der Waals surface area (Å²) in [5.41, 5.74) is 0.615. The van der Waals surface area contributed by atoms with Crippen LogP contribution in [0.3, 0.4) is 0 Å². The van der Waals surface area contributed by atoms with Gasteiger partial charge in [0.05, 0.1) is 18.6 Å². The largest absolute Gasteiger partial charge is 0.466 e. The molecule has 1 atom stereocenters. The summed E-state index contributed by atoms with van der Waals surface area (Å²) in [4.78, 5) is 11.3. The number of ether oxygens (including phenoxy) is 1. The van der Waals surface area contributed by atoms with Crippen LogP contribution >= 0.6 is 0 Å². The highest BCUT2D eigenvalue weighted by Crippen LogP contribution is 2.12. The first-order valence-electron chi connectivity index (χ1n) is 6.19. The van der Waals surface area contributed by atoms with Gasteiger partial charge in [-0.3, -0.25) is 0 Å². The molecule has 0 spiro atoms. The molecule has 1 fully saturated rings. The molecule has 0 amide bonds. The highest BCUT2D eigenvalue weighted by atomic mass is 32.2. The van der Waals surface area contributed by atoms with Crippen LogP contribution in [-0.4, -0.2) is 45.6 Å². The van der Waals surface area contributed by atoms with Crippen molar-refractivity contribution < 1.29 is 17.9 Å². The van der Waals surface area contributed by atoms with Crippen molar-refractivity contribution in [1.82, 2.24) is 5.32 Å². The fourth-order valence-electron chi connectivity index (χ4n) is 2.04. The van der Waals surface area contributed by atoms with Gasteiger partial charge < -0.3 is 10.1 Å². The summed E-state index contributed by atoms with van der Waals surface area (Å²) < 4.78 is 27.5. The Morgan fingerprint density at radius 2 is 2.22 bits per heavy atom. The van der Waals surface area contributed by atoms with Gasteiger partial charge in [0.1, 0.15) is 0 Å². The van der Waals surface area contributed by atoms with Gasteiger partial charge in [-0.05, 0) is 19.3 Å². The van der Waals surface area contributed by atoms with Crippen LogP contribution in [0.5, 0.6) is 0 Å². The topological polar surface area (TPSA) is 72.5 Å².